The summed E-state index contributed by atoms with van der Waals surface area (Å²) in [5, 5.41) is 3.50. The maximum Gasteiger partial charge on any atom is 0.0594 e. The number of nitrogens with one attached hydrogen (secondary N) is 1. The molecule has 1 saturated heterocycles. The third-order valence-electron chi connectivity index (χ3n) is 3.71. The lowest BCUT2D eigenvalue weighted by atomic mass is 10.0. The van der Waals surface area contributed by atoms with Gasteiger partial charge in [0.25, 0.3) is 0 Å². The fourth-order valence-corrected chi connectivity index (χ4v) is 2.61. The van der Waals surface area contributed by atoms with Crippen LogP contribution in [0.25, 0.3) is 0 Å². The van der Waals surface area contributed by atoms with E-state index in [1.807, 2.05) is 0 Å². The molecule has 2 aliphatic rings. The van der Waals surface area contributed by atoms with Gasteiger partial charge in [0, 0.05) is 19.8 Å². The van der Waals surface area contributed by atoms with Crippen molar-refractivity contribution in [2.24, 2.45) is 5.92 Å². The molecule has 2 rings (SSSR count). The van der Waals surface area contributed by atoms with Gasteiger partial charge in [-0.2, -0.15) is 0 Å². The van der Waals surface area contributed by atoms with E-state index in [9.17, 15) is 0 Å². The summed E-state index contributed by atoms with van der Waals surface area (Å²) in [5.74, 6) is 0.820. The minimum absolute atomic E-state index is 0.560. The molecule has 0 unspecified atom stereocenters. The SMILES string of the molecule is C1CCC(OCCNCC2CCOCC2)C1. The molecule has 1 heterocycles. The van der Waals surface area contributed by atoms with E-state index in [1.165, 1.54) is 38.5 Å². The Morgan fingerprint density at radius 2 is 1.81 bits per heavy atom. The van der Waals surface area contributed by atoms with Crippen molar-refractivity contribution in [2.45, 2.75) is 44.6 Å². The van der Waals surface area contributed by atoms with Gasteiger partial charge in [0.1, 0.15) is 0 Å². The Balaban J connectivity index is 1.42. The summed E-state index contributed by atoms with van der Waals surface area (Å²) >= 11 is 0. The summed E-state index contributed by atoms with van der Waals surface area (Å²) in [5.41, 5.74) is 0. The quantitative estimate of drug-likeness (QED) is 0.704. The van der Waals surface area contributed by atoms with Crippen molar-refractivity contribution in [3.63, 3.8) is 0 Å². The molecule has 0 aromatic carbocycles. The van der Waals surface area contributed by atoms with Crippen molar-refractivity contribution in [3.05, 3.63) is 0 Å². The lowest BCUT2D eigenvalue weighted by molar-refractivity contribution is 0.0538. The first-order chi connectivity index (χ1) is 7.95. The van der Waals surface area contributed by atoms with Gasteiger partial charge in [-0.1, -0.05) is 12.8 Å². The molecule has 2 fully saturated rings. The van der Waals surface area contributed by atoms with Crippen LogP contribution >= 0.6 is 0 Å². The summed E-state index contributed by atoms with van der Waals surface area (Å²) in [4.78, 5) is 0. The summed E-state index contributed by atoms with van der Waals surface area (Å²) in [7, 11) is 0. The Kier molecular flexibility index (Phi) is 5.59. The van der Waals surface area contributed by atoms with Crippen LogP contribution < -0.4 is 5.32 Å². The Morgan fingerprint density at radius 3 is 2.56 bits per heavy atom. The van der Waals surface area contributed by atoms with Crippen LogP contribution in [0.3, 0.4) is 0 Å². The lowest BCUT2D eigenvalue weighted by Crippen LogP contribution is -2.30. The first kappa shape index (κ1) is 12.3. The van der Waals surface area contributed by atoms with Crippen LogP contribution in [0, 0.1) is 5.92 Å². The third-order valence-corrected chi connectivity index (χ3v) is 3.71. The minimum Gasteiger partial charge on any atom is -0.381 e. The molecule has 0 atom stereocenters. The largest absolute Gasteiger partial charge is 0.381 e. The van der Waals surface area contributed by atoms with E-state index in [4.69, 9.17) is 9.47 Å². The van der Waals surface area contributed by atoms with Crippen LogP contribution in [0.2, 0.25) is 0 Å². The predicted octanol–water partition coefficient (Wildman–Crippen LogP) is 1.96. The highest BCUT2D eigenvalue weighted by Crippen LogP contribution is 2.20. The van der Waals surface area contributed by atoms with E-state index in [1.54, 1.807) is 0 Å². The fourth-order valence-electron chi connectivity index (χ4n) is 2.61. The molecule has 0 aromatic rings. The molecule has 3 heteroatoms. The first-order valence-electron chi connectivity index (χ1n) is 6.85. The third kappa shape index (κ3) is 4.40. The van der Waals surface area contributed by atoms with Gasteiger partial charge in [0.15, 0.2) is 0 Å². The van der Waals surface area contributed by atoms with Gasteiger partial charge < -0.3 is 14.8 Å². The van der Waals surface area contributed by atoms with Gasteiger partial charge in [-0.3, -0.25) is 0 Å². The topological polar surface area (TPSA) is 30.5 Å². The average molecular weight is 227 g/mol. The van der Waals surface area contributed by atoms with E-state index in [0.29, 0.717) is 6.10 Å². The average Bonchev–Trinajstić information content (AvgIpc) is 2.83. The maximum absolute atomic E-state index is 5.81. The minimum atomic E-state index is 0.560. The molecule has 1 N–H and O–H groups in total. The molecular formula is C13H25NO2. The van der Waals surface area contributed by atoms with Gasteiger partial charge in [-0.15, -0.1) is 0 Å². The van der Waals surface area contributed by atoms with E-state index in [-0.39, 0.29) is 0 Å². The highest BCUT2D eigenvalue weighted by molar-refractivity contribution is 4.68. The lowest BCUT2D eigenvalue weighted by Gasteiger charge is -2.22. The Labute approximate surface area is 98.9 Å². The first-order valence-corrected chi connectivity index (χ1v) is 6.85. The highest BCUT2D eigenvalue weighted by atomic mass is 16.5. The zero-order valence-corrected chi connectivity index (χ0v) is 10.2. The van der Waals surface area contributed by atoms with Crippen molar-refractivity contribution in [2.75, 3.05) is 32.9 Å². The molecule has 0 aromatic heterocycles. The van der Waals surface area contributed by atoms with Crippen LogP contribution in [-0.4, -0.2) is 39.0 Å². The van der Waals surface area contributed by atoms with Crippen LogP contribution in [-0.2, 0) is 9.47 Å². The molecular weight excluding hydrogens is 202 g/mol. The van der Waals surface area contributed by atoms with Crippen LogP contribution in [0.15, 0.2) is 0 Å². The number of hydrogen-bond donors (Lipinski definition) is 1. The second-order valence-corrected chi connectivity index (χ2v) is 5.04. The van der Waals surface area contributed by atoms with Gasteiger partial charge in [0.2, 0.25) is 0 Å². The van der Waals surface area contributed by atoms with E-state index >= 15 is 0 Å². The molecule has 0 radical (unpaired) electrons. The molecule has 0 spiro atoms. The molecule has 0 amide bonds. The standard InChI is InChI=1S/C13H25NO2/c1-2-4-13(3-1)16-10-7-14-11-12-5-8-15-9-6-12/h12-14H,1-11H2. The molecule has 1 aliphatic heterocycles. The van der Waals surface area contributed by atoms with Crippen LogP contribution in [0.4, 0.5) is 0 Å². The second kappa shape index (κ2) is 7.25. The normalized spacial score (nSPS) is 24.0. The van der Waals surface area contributed by atoms with Crippen LogP contribution in [0.5, 0.6) is 0 Å². The summed E-state index contributed by atoms with van der Waals surface area (Å²) in [6.45, 7) is 4.93. The van der Waals surface area contributed by atoms with Crippen molar-refractivity contribution in [1.82, 2.24) is 5.32 Å². The molecule has 0 bridgehead atoms. The van der Waals surface area contributed by atoms with E-state index < -0.39 is 0 Å². The van der Waals surface area contributed by atoms with Gasteiger partial charge in [-0.05, 0) is 38.1 Å². The van der Waals surface area contributed by atoms with Gasteiger partial charge >= 0.3 is 0 Å². The molecule has 94 valence electrons. The van der Waals surface area contributed by atoms with Crippen molar-refractivity contribution < 1.29 is 9.47 Å². The van der Waals surface area contributed by atoms with Gasteiger partial charge in [0.05, 0.1) is 12.7 Å². The fraction of sp³-hybridized carbons (Fsp3) is 1.00. The number of hydrogen-bond acceptors (Lipinski definition) is 3. The summed E-state index contributed by atoms with van der Waals surface area (Å²) in [6, 6.07) is 0. The zero-order valence-electron chi connectivity index (χ0n) is 10.2. The van der Waals surface area contributed by atoms with E-state index in [2.05, 4.69) is 5.32 Å². The molecule has 16 heavy (non-hydrogen) atoms. The Hall–Kier alpha value is -0.120. The second-order valence-electron chi connectivity index (χ2n) is 5.04. The van der Waals surface area contributed by atoms with Crippen molar-refractivity contribution >= 4 is 0 Å². The van der Waals surface area contributed by atoms with E-state index in [0.717, 1.165) is 38.8 Å². The summed E-state index contributed by atoms with van der Waals surface area (Å²) in [6.07, 6.45) is 8.28. The van der Waals surface area contributed by atoms with Gasteiger partial charge in [-0.25, -0.2) is 0 Å². The van der Waals surface area contributed by atoms with Crippen molar-refractivity contribution in [1.29, 1.82) is 0 Å². The maximum atomic E-state index is 5.81. The monoisotopic (exact) mass is 227 g/mol. The molecule has 3 nitrogen and oxygen atoms in total. The highest BCUT2D eigenvalue weighted by Gasteiger charge is 2.15. The molecule has 1 aliphatic carbocycles. The zero-order chi connectivity index (χ0) is 11.1. The van der Waals surface area contributed by atoms with Crippen LogP contribution in [0.1, 0.15) is 38.5 Å². The predicted molar refractivity (Wildman–Crippen MR) is 64.6 cm³/mol. The Morgan fingerprint density at radius 1 is 1.06 bits per heavy atom. The smallest absolute Gasteiger partial charge is 0.0594 e. The number of ether oxygens (including phenoxy) is 2. The molecule has 1 saturated carbocycles. The van der Waals surface area contributed by atoms with Crippen molar-refractivity contribution in [3.8, 4) is 0 Å². The Bertz CT molecular complexity index is 175. The summed E-state index contributed by atoms with van der Waals surface area (Å²) < 4.78 is 11.1. The number of rotatable bonds is 6.